The SMILES string of the molecule is C=CCNCCNCc1ccc(Cl)s1. The van der Waals surface area contributed by atoms with Crippen LogP contribution in [0.1, 0.15) is 4.88 Å². The minimum Gasteiger partial charge on any atom is -0.312 e. The van der Waals surface area contributed by atoms with Gasteiger partial charge in [0.05, 0.1) is 4.34 Å². The first kappa shape index (κ1) is 11.7. The molecule has 14 heavy (non-hydrogen) atoms. The summed E-state index contributed by atoms with van der Waals surface area (Å²) in [5, 5.41) is 6.55. The highest BCUT2D eigenvalue weighted by molar-refractivity contribution is 7.16. The molecular weight excluding hydrogens is 216 g/mol. The van der Waals surface area contributed by atoms with E-state index in [0.29, 0.717) is 0 Å². The van der Waals surface area contributed by atoms with Crippen molar-refractivity contribution in [3.05, 3.63) is 34.0 Å². The van der Waals surface area contributed by atoms with Crippen LogP contribution in [-0.2, 0) is 6.54 Å². The molecule has 0 atom stereocenters. The number of hydrogen-bond acceptors (Lipinski definition) is 3. The fourth-order valence-corrected chi connectivity index (χ4v) is 2.10. The highest BCUT2D eigenvalue weighted by Crippen LogP contribution is 2.20. The first-order valence-electron chi connectivity index (χ1n) is 4.59. The lowest BCUT2D eigenvalue weighted by Crippen LogP contribution is -2.26. The van der Waals surface area contributed by atoms with E-state index in [9.17, 15) is 0 Å². The molecule has 0 aromatic carbocycles. The van der Waals surface area contributed by atoms with Crippen molar-refractivity contribution in [1.82, 2.24) is 10.6 Å². The van der Waals surface area contributed by atoms with Gasteiger partial charge in [-0.25, -0.2) is 0 Å². The molecule has 0 aliphatic heterocycles. The number of halogens is 1. The summed E-state index contributed by atoms with van der Waals surface area (Å²) in [5.74, 6) is 0. The van der Waals surface area contributed by atoms with Crippen molar-refractivity contribution in [3.63, 3.8) is 0 Å². The van der Waals surface area contributed by atoms with E-state index in [1.807, 2.05) is 12.1 Å². The summed E-state index contributed by atoms with van der Waals surface area (Å²) in [6.45, 7) is 7.32. The Bertz CT molecular complexity index is 273. The molecule has 0 spiro atoms. The van der Waals surface area contributed by atoms with Crippen LogP contribution in [0.5, 0.6) is 0 Å². The van der Waals surface area contributed by atoms with Gasteiger partial charge in [-0.3, -0.25) is 0 Å². The molecule has 0 saturated heterocycles. The van der Waals surface area contributed by atoms with E-state index < -0.39 is 0 Å². The Morgan fingerprint density at radius 2 is 2.14 bits per heavy atom. The second kappa shape index (κ2) is 7.01. The standard InChI is InChI=1S/C10H15ClN2S/c1-2-5-12-6-7-13-8-9-3-4-10(11)14-9/h2-4,12-13H,1,5-8H2. The third kappa shape index (κ3) is 4.77. The van der Waals surface area contributed by atoms with E-state index >= 15 is 0 Å². The highest BCUT2D eigenvalue weighted by Gasteiger charge is 1.96. The van der Waals surface area contributed by atoms with Crippen LogP contribution in [0.2, 0.25) is 4.34 Å². The van der Waals surface area contributed by atoms with Gasteiger partial charge < -0.3 is 10.6 Å². The number of rotatable bonds is 7. The van der Waals surface area contributed by atoms with Crippen LogP contribution in [0.15, 0.2) is 24.8 Å². The maximum absolute atomic E-state index is 5.81. The normalized spacial score (nSPS) is 10.4. The molecule has 2 N–H and O–H groups in total. The first-order chi connectivity index (χ1) is 6.83. The molecule has 0 radical (unpaired) electrons. The van der Waals surface area contributed by atoms with Crippen LogP contribution in [-0.4, -0.2) is 19.6 Å². The lowest BCUT2D eigenvalue weighted by atomic mass is 10.4. The second-order valence-electron chi connectivity index (χ2n) is 2.88. The number of thiophene rings is 1. The van der Waals surface area contributed by atoms with Crippen molar-refractivity contribution in [2.45, 2.75) is 6.54 Å². The van der Waals surface area contributed by atoms with Crippen LogP contribution >= 0.6 is 22.9 Å². The van der Waals surface area contributed by atoms with Crippen LogP contribution < -0.4 is 10.6 Å². The van der Waals surface area contributed by atoms with E-state index in [1.165, 1.54) is 4.88 Å². The number of nitrogens with one attached hydrogen (secondary N) is 2. The summed E-state index contributed by atoms with van der Waals surface area (Å²) in [4.78, 5) is 1.28. The van der Waals surface area contributed by atoms with Crippen molar-refractivity contribution < 1.29 is 0 Å². The van der Waals surface area contributed by atoms with Crippen LogP contribution in [0.25, 0.3) is 0 Å². The summed E-state index contributed by atoms with van der Waals surface area (Å²) in [6, 6.07) is 3.98. The quantitative estimate of drug-likeness (QED) is 0.555. The smallest absolute Gasteiger partial charge is 0.0931 e. The molecule has 1 heterocycles. The van der Waals surface area contributed by atoms with Crippen molar-refractivity contribution in [2.75, 3.05) is 19.6 Å². The van der Waals surface area contributed by atoms with Crippen LogP contribution in [0.4, 0.5) is 0 Å². The molecule has 0 bridgehead atoms. The van der Waals surface area contributed by atoms with E-state index in [1.54, 1.807) is 11.3 Å². The maximum Gasteiger partial charge on any atom is 0.0931 e. The van der Waals surface area contributed by atoms with Crippen molar-refractivity contribution >= 4 is 22.9 Å². The molecule has 1 rings (SSSR count). The second-order valence-corrected chi connectivity index (χ2v) is 4.68. The Labute approximate surface area is 94.0 Å². The molecule has 0 aliphatic rings. The molecule has 0 fully saturated rings. The average molecular weight is 231 g/mol. The molecule has 4 heteroatoms. The molecule has 0 saturated carbocycles. The molecule has 1 aromatic heterocycles. The minimum atomic E-state index is 0.853. The largest absolute Gasteiger partial charge is 0.312 e. The van der Waals surface area contributed by atoms with Crippen molar-refractivity contribution in [1.29, 1.82) is 0 Å². The lowest BCUT2D eigenvalue weighted by molar-refractivity contribution is 0.639. The molecule has 1 aromatic rings. The van der Waals surface area contributed by atoms with Gasteiger partial charge in [-0.15, -0.1) is 17.9 Å². The molecule has 78 valence electrons. The van der Waals surface area contributed by atoms with Gasteiger partial charge in [0, 0.05) is 31.1 Å². The molecule has 0 unspecified atom stereocenters. The Morgan fingerprint density at radius 1 is 1.36 bits per heavy atom. The Kier molecular flexibility index (Phi) is 5.87. The van der Waals surface area contributed by atoms with Crippen molar-refractivity contribution in [3.8, 4) is 0 Å². The predicted molar refractivity (Wildman–Crippen MR) is 64.1 cm³/mol. The zero-order valence-corrected chi connectivity index (χ0v) is 9.63. The summed E-state index contributed by atoms with van der Waals surface area (Å²) in [6.07, 6.45) is 1.86. The summed E-state index contributed by atoms with van der Waals surface area (Å²) in [7, 11) is 0. The fraction of sp³-hybridized carbons (Fsp3) is 0.400. The van der Waals surface area contributed by atoms with Gasteiger partial charge in [0.25, 0.3) is 0 Å². The summed E-state index contributed by atoms with van der Waals surface area (Å²) in [5.41, 5.74) is 0. The summed E-state index contributed by atoms with van der Waals surface area (Å²) < 4.78 is 0.853. The summed E-state index contributed by atoms with van der Waals surface area (Å²) >= 11 is 7.43. The van der Waals surface area contributed by atoms with Gasteiger partial charge in [-0.1, -0.05) is 17.7 Å². The zero-order valence-electron chi connectivity index (χ0n) is 8.05. The van der Waals surface area contributed by atoms with Gasteiger partial charge in [0.2, 0.25) is 0 Å². The van der Waals surface area contributed by atoms with Gasteiger partial charge >= 0.3 is 0 Å². The lowest BCUT2D eigenvalue weighted by Gasteiger charge is -2.03. The molecule has 0 amide bonds. The average Bonchev–Trinajstić information content (AvgIpc) is 2.58. The van der Waals surface area contributed by atoms with Gasteiger partial charge in [0.1, 0.15) is 0 Å². The van der Waals surface area contributed by atoms with Crippen LogP contribution in [0, 0.1) is 0 Å². The molecule has 2 nitrogen and oxygen atoms in total. The predicted octanol–water partition coefficient (Wildman–Crippen LogP) is 2.27. The fourth-order valence-electron chi connectivity index (χ4n) is 1.04. The van der Waals surface area contributed by atoms with Gasteiger partial charge in [-0.2, -0.15) is 0 Å². The molecule has 0 aliphatic carbocycles. The maximum atomic E-state index is 5.81. The van der Waals surface area contributed by atoms with E-state index in [2.05, 4.69) is 23.3 Å². The number of hydrogen-bond donors (Lipinski definition) is 2. The Balaban J connectivity index is 2.01. The Morgan fingerprint density at radius 3 is 2.79 bits per heavy atom. The zero-order chi connectivity index (χ0) is 10.2. The van der Waals surface area contributed by atoms with E-state index in [4.69, 9.17) is 11.6 Å². The van der Waals surface area contributed by atoms with Crippen molar-refractivity contribution in [2.24, 2.45) is 0 Å². The van der Waals surface area contributed by atoms with E-state index in [0.717, 1.165) is 30.5 Å². The molecular formula is C10H15ClN2S. The van der Waals surface area contributed by atoms with Gasteiger partial charge in [-0.05, 0) is 12.1 Å². The third-order valence-corrected chi connectivity index (χ3v) is 2.93. The minimum absolute atomic E-state index is 0.853. The Hall–Kier alpha value is -0.350. The third-order valence-electron chi connectivity index (χ3n) is 1.70. The topological polar surface area (TPSA) is 24.1 Å². The monoisotopic (exact) mass is 230 g/mol. The van der Waals surface area contributed by atoms with Gasteiger partial charge in [0.15, 0.2) is 0 Å². The highest BCUT2D eigenvalue weighted by atomic mass is 35.5. The first-order valence-corrected chi connectivity index (χ1v) is 5.79. The van der Waals surface area contributed by atoms with E-state index in [-0.39, 0.29) is 0 Å². The van der Waals surface area contributed by atoms with Crippen LogP contribution in [0.3, 0.4) is 0 Å².